The van der Waals surface area contributed by atoms with Gasteiger partial charge in [-0.25, -0.2) is 0 Å². The highest BCUT2D eigenvalue weighted by Gasteiger charge is 2.33. The van der Waals surface area contributed by atoms with E-state index in [9.17, 15) is 18.3 Å². The molecular formula is C13H14F3NO. The summed E-state index contributed by atoms with van der Waals surface area (Å²) in [5.74, 6) is 0. The number of halogens is 3. The summed E-state index contributed by atoms with van der Waals surface area (Å²) in [5.41, 5.74) is 0.342. The minimum atomic E-state index is -4.38. The zero-order valence-electron chi connectivity index (χ0n) is 10.1. The maximum atomic E-state index is 12.9. The van der Waals surface area contributed by atoms with Crippen LogP contribution >= 0.6 is 0 Å². The summed E-state index contributed by atoms with van der Waals surface area (Å²) in [6, 6.07) is 5.51. The Labute approximate surface area is 103 Å². The van der Waals surface area contributed by atoms with Crippen molar-refractivity contribution in [3.63, 3.8) is 0 Å². The molecule has 0 spiro atoms. The van der Waals surface area contributed by atoms with Crippen molar-refractivity contribution in [3.8, 4) is 0 Å². The van der Waals surface area contributed by atoms with Gasteiger partial charge in [-0.15, -0.1) is 0 Å². The number of fused-ring (bicyclic) bond motifs is 1. The highest BCUT2D eigenvalue weighted by Crippen LogP contribution is 2.36. The molecule has 0 aliphatic rings. The molecule has 0 radical (unpaired) electrons. The molecule has 5 heteroatoms. The van der Waals surface area contributed by atoms with Crippen molar-refractivity contribution < 1.29 is 18.3 Å². The Morgan fingerprint density at radius 3 is 2.44 bits per heavy atom. The molecule has 1 N–H and O–H groups in total. The largest absolute Gasteiger partial charge is 0.417 e. The second kappa shape index (κ2) is 4.31. The summed E-state index contributed by atoms with van der Waals surface area (Å²) in [6.07, 6.45) is -4.38. The first-order valence-electron chi connectivity index (χ1n) is 5.67. The lowest BCUT2D eigenvalue weighted by atomic mass is 10.1. The van der Waals surface area contributed by atoms with Crippen molar-refractivity contribution in [1.29, 1.82) is 0 Å². The third-order valence-corrected chi connectivity index (χ3v) is 2.95. The monoisotopic (exact) mass is 257 g/mol. The lowest BCUT2D eigenvalue weighted by Gasteiger charge is -2.14. The average Bonchev–Trinajstić information content (AvgIpc) is 2.65. The fraction of sp³-hybridized carbons (Fsp3) is 0.385. The van der Waals surface area contributed by atoms with E-state index in [2.05, 4.69) is 0 Å². The van der Waals surface area contributed by atoms with Crippen molar-refractivity contribution in [1.82, 2.24) is 4.57 Å². The van der Waals surface area contributed by atoms with E-state index in [1.54, 1.807) is 10.6 Å². The molecule has 1 aromatic heterocycles. The van der Waals surface area contributed by atoms with E-state index < -0.39 is 11.7 Å². The molecule has 2 rings (SSSR count). The smallest absolute Gasteiger partial charge is 0.390 e. The summed E-state index contributed by atoms with van der Waals surface area (Å²) < 4.78 is 40.4. The summed E-state index contributed by atoms with van der Waals surface area (Å²) in [5, 5.41) is 9.40. The van der Waals surface area contributed by atoms with Gasteiger partial charge in [0.1, 0.15) is 0 Å². The summed E-state index contributed by atoms with van der Waals surface area (Å²) >= 11 is 0. The molecule has 0 fully saturated rings. The van der Waals surface area contributed by atoms with Crippen LogP contribution in [0.4, 0.5) is 13.2 Å². The minimum Gasteiger partial charge on any atom is -0.390 e. The Morgan fingerprint density at radius 2 is 1.94 bits per heavy atom. The first-order valence-corrected chi connectivity index (χ1v) is 5.67. The Morgan fingerprint density at radius 1 is 1.28 bits per heavy atom. The molecule has 0 aliphatic carbocycles. The molecule has 0 unspecified atom stereocenters. The van der Waals surface area contributed by atoms with Crippen molar-refractivity contribution in [2.75, 3.05) is 0 Å². The van der Waals surface area contributed by atoms with E-state index in [1.807, 2.05) is 13.8 Å². The number of aliphatic hydroxyl groups is 1. The molecule has 0 saturated heterocycles. The molecule has 2 nitrogen and oxygen atoms in total. The third-order valence-electron chi connectivity index (χ3n) is 2.95. The van der Waals surface area contributed by atoms with Gasteiger partial charge in [-0.2, -0.15) is 13.2 Å². The van der Waals surface area contributed by atoms with E-state index in [0.29, 0.717) is 11.2 Å². The predicted octanol–water partition coefficient (Wildman–Crippen LogP) is 3.73. The van der Waals surface area contributed by atoms with Gasteiger partial charge in [0.15, 0.2) is 0 Å². The Hall–Kier alpha value is -1.49. The molecule has 18 heavy (non-hydrogen) atoms. The van der Waals surface area contributed by atoms with Crippen LogP contribution in [0.2, 0.25) is 0 Å². The topological polar surface area (TPSA) is 25.2 Å². The third kappa shape index (κ3) is 1.99. The molecular weight excluding hydrogens is 243 g/mol. The van der Waals surface area contributed by atoms with Crippen LogP contribution in [0, 0.1) is 0 Å². The van der Waals surface area contributed by atoms with Crippen molar-refractivity contribution in [2.24, 2.45) is 0 Å². The van der Waals surface area contributed by atoms with E-state index in [-0.39, 0.29) is 18.0 Å². The molecule has 2 aromatic rings. The number of benzene rings is 1. The Balaban J connectivity index is 2.81. The number of hydrogen-bond acceptors (Lipinski definition) is 1. The molecule has 0 amide bonds. The number of alkyl halides is 3. The maximum Gasteiger partial charge on any atom is 0.417 e. The van der Waals surface area contributed by atoms with Gasteiger partial charge in [0, 0.05) is 22.6 Å². The summed E-state index contributed by atoms with van der Waals surface area (Å²) in [6.45, 7) is 3.47. The van der Waals surface area contributed by atoms with Crippen LogP contribution < -0.4 is 0 Å². The lowest BCUT2D eigenvalue weighted by molar-refractivity contribution is -0.136. The fourth-order valence-electron chi connectivity index (χ4n) is 2.28. The van der Waals surface area contributed by atoms with E-state index in [4.69, 9.17) is 0 Å². The molecule has 0 atom stereocenters. The first-order chi connectivity index (χ1) is 8.36. The van der Waals surface area contributed by atoms with Crippen LogP contribution in [-0.2, 0) is 12.8 Å². The number of aliphatic hydroxyl groups excluding tert-OH is 1. The molecule has 1 aromatic carbocycles. The average molecular weight is 257 g/mol. The number of rotatable bonds is 2. The normalized spacial score (nSPS) is 12.6. The standard InChI is InChI=1S/C13H14F3NO/c1-8(2)17-9(7-18)6-10-11(13(14,15)16)4-3-5-12(10)17/h3-6,8,18H,7H2,1-2H3. The van der Waals surface area contributed by atoms with Crippen LogP contribution in [-0.4, -0.2) is 9.67 Å². The highest BCUT2D eigenvalue weighted by molar-refractivity contribution is 5.85. The van der Waals surface area contributed by atoms with Crippen molar-refractivity contribution >= 4 is 10.9 Å². The van der Waals surface area contributed by atoms with Crippen LogP contribution in [0.5, 0.6) is 0 Å². The van der Waals surface area contributed by atoms with Crippen LogP contribution in [0.3, 0.4) is 0 Å². The zero-order chi connectivity index (χ0) is 13.5. The van der Waals surface area contributed by atoms with E-state index in [1.165, 1.54) is 12.1 Å². The highest BCUT2D eigenvalue weighted by atomic mass is 19.4. The molecule has 98 valence electrons. The number of nitrogens with zero attached hydrogens (tertiary/aromatic N) is 1. The van der Waals surface area contributed by atoms with Gasteiger partial charge in [-0.3, -0.25) is 0 Å². The fourth-order valence-corrected chi connectivity index (χ4v) is 2.28. The number of hydrogen-bond donors (Lipinski definition) is 1. The Bertz CT molecular complexity index is 569. The molecule has 0 bridgehead atoms. The second-order valence-corrected chi connectivity index (χ2v) is 4.49. The van der Waals surface area contributed by atoms with E-state index in [0.717, 1.165) is 6.07 Å². The zero-order valence-corrected chi connectivity index (χ0v) is 10.1. The molecule has 0 saturated carbocycles. The number of aromatic nitrogens is 1. The van der Waals surface area contributed by atoms with Gasteiger partial charge in [-0.05, 0) is 32.0 Å². The van der Waals surface area contributed by atoms with Gasteiger partial charge in [-0.1, -0.05) is 6.07 Å². The van der Waals surface area contributed by atoms with Gasteiger partial charge < -0.3 is 9.67 Å². The lowest BCUT2D eigenvalue weighted by Crippen LogP contribution is -2.07. The predicted molar refractivity (Wildman–Crippen MR) is 63.2 cm³/mol. The SMILES string of the molecule is CC(C)n1c(CO)cc2c(C(F)(F)F)cccc21. The van der Waals surface area contributed by atoms with Crippen LogP contribution in [0.1, 0.15) is 31.1 Å². The van der Waals surface area contributed by atoms with Crippen LogP contribution in [0.25, 0.3) is 10.9 Å². The first kappa shape index (κ1) is 13.0. The van der Waals surface area contributed by atoms with Crippen molar-refractivity contribution in [2.45, 2.75) is 32.7 Å². The van der Waals surface area contributed by atoms with Crippen molar-refractivity contribution in [3.05, 3.63) is 35.5 Å². The van der Waals surface area contributed by atoms with Gasteiger partial charge >= 0.3 is 6.18 Å². The Kier molecular flexibility index (Phi) is 3.11. The quantitative estimate of drug-likeness (QED) is 0.871. The van der Waals surface area contributed by atoms with E-state index >= 15 is 0 Å². The maximum absolute atomic E-state index is 12.9. The summed E-state index contributed by atoms with van der Waals surface area (Å²) in [7, 11) is 0. The minimum absolute atomic E-state index is 0.00636. The summed E-state index contributed by atoms with van der Waals surface area (Å²) in [4.78, 5) is 0. The van der Waals surface area contributed by atoms with Crippen LogP contribution in [0.15, 0.2) is 24.3 Å². The second-order valence-electron chi connectivity index (χ2n) is 4.49. The van der Waals surface area contributed by atoms with Gasteiger partial charge in [0.2, 0.25) is 0 Å². The van der Waals surface area contributed by atoms with Gasteiger partial charge in [0.25, 0.3) is 0 Å². The molecule has 1 heterocycles. The van der Waals surface area contributed by atoms with Gasteiger partial charge in [0.05, 0.1) is 12.2 Å². The molecule has 0 aliphatic heterocycles.